The third-order valence-corrected chi connectivity index (χ3v) is 1.41. The molecule has 0 bridgehead atoms. The molecule has 10 heteroatoms. The highest BCUT2D eigenvalue weighted by Crippen LogP contribution is 2.26. The lowest BCUT2D eigenvalue weighted by molar-refractivity contribution is 0.361. The van der Waals surface area contributed by atoms with Gasteiger partial charge in [-0.1, -0.05) is 66.2 Å². The van der Waals surface area contributed by atoms with E-state index in [9.17, 15) is 0 Å². The van der Waals surface area contributed by atoms with E-state index >= 15 is 0 Å². The van der Waals surface area contributed by atoms with Gasteiger partial charge in [0.25, 0.3) is 0 Å². The van der Waals surface area contributed by atoms with Crippen molar-refractivity contribution < 1.29 is 29.4 Å². The summed E-state index contributed by atoms with van der Waals surface area (Å²) in [7, 11) is 0. The molecule has 0 spiro atoms. The van der Waals surface area contributed by atoms with Gasteiger partial charge in [-0.25, -0.2) is 0 Å². The molecule has 0 rings (SSSR count). The first-order valence-electron chi connectivity index (χ1n) is 6.39. The average molecular weight is 372 g/mol. The molecule has 6 nitrogen and oxygen atoms in total. The van der Waals surface area contributed by atoms with Crippen LogP contribution in [0.2, 0.25) is 0 Å². The second-order valence-electron chi connectivity index (χ2n) is 3.73. The van der Waals surface area contributed by atoms with E-state index in [1.807, 2.05) is 0 Å². The van der Waals surface area contributed by atoms with Crippen LogP contribution in [0, 0.1) is 0 Å². The van der Waals surface area contributed by atoms with Crippen molar-refractivity contribution in [3.05, 3.63) is 0 Å². The molecule has 0 amide bonds. The normalized spacial score (nSPS) is 10.1. The molecule has 128 valence electrons. The minimum Gasteiger partial charge on any atom is -0.325 e. The Hall–Kier alpha value is 1.06. The number of hydrogen-bond acceptors (Lipinski definition) is 2. The van der Waals surface area contributed by atoms with E-state index in [-0.39, 0.29) is 0 Å². The fraction of sp³-hybridized carbons (Fsp3) is 1.00. The van der Waals surface area contributed by atoms with E-state index in [2.05, 4.69) is 51.3 Å². The summed E-state index contributed by atoms with van der Waals surface area (Å²) in [5.74, 6) is 0. The van der Waals surface area contributed by atoms with Crippen LogP contribution < -0.4 is 0 Å². The average Bonchev–Trinajstić information content (AvgIpc) is 2.15. The zero-order valence-electron chi connectivity index (χ0n) is 12.6. The Balaban J connectivity index is -0.0000000853. The van der Waals surface area contributed by atoms with Crippen LogP contribution in [0.15, 0.2) is 0 Å². The van der Waals surface area contributed by atoms with Gasteiger partial charge in [-0.15, -0.1) is 0 Å². The lowest BCUT2D eigenvalue weighted by atomic mass is 10.3. The molecule has 0 aliphatic carbocycles. The summed E-state index contributed by atoms with van der Waals surface area (Å²) in [6.07, 6.45) is 8.15. The zero-order valence-corrected chi connectivity index (χ0v) is 16.1. The highest BCUT2D eigenvalue weighted by atomic mass is 32.5. The van der Waals surface area contributed by atoms with Gasteiger partial charge in [-0.05, 0) is 23.6 Å². The Labute approximate surface area is 133 Å². The smallest absolute Gasteiger partial charge is 0.319 e. The first kappa shape index (κ1) is 29.1. The first-order valence-corrected chi connectivity index (χ1v) is 11.7. The van der Waals surface area contributed by atoms with Crippen molar-refractivity contribution in [2.75, 3.05) is 0 Å². The van der Waals surface area contributed by atoms with E-state index in [0.717, 1.165) is 0 Å². The molecule has 0 radical (unpaired) electrons. The summed E-state index contributed by atoms with van der Waals surface area (Å²) in [4.78, 5) is 45.3. The Morgan fingerprint density at radius 2 is 0.650 bits per heavy atom. The lowest BCUT2D eigenvalue weighted by Gasteiger charge is -1.88. The molecule has 0 aliphatic rings. The third-order valence-electron chi connectivity index (χ3n) is 1.41. The predicted octanol–water partition coefficient (Wildman–Crippen LogP) is 2.77. The second kappa shape index (κ2) is 20.1. The summed E-state index contributed by atoms with van der Waals surface area (Å²) < 4.78 is 0. The molecule has 0 unspecified atom stereocenters. The van der Waals surface area contributed by atoms with Crippen molar-refractivity contribution in [2.24, 2.45) is 0 Å². The Morgan fingerprint density at radius 1 is 0.550 bits per heavy atom. The lowest BCUT2D eigenvalue weighted by Crippen LogP contribution is -1.65. The SMILES string of the molecule is CCCCC.CCCCC.OP(O)(O)=S.OP(O)(O)=S. The van der Waals surface area contributed by atoms with Gasteiger partial charge in [-0.3, -0.25) is 0 Å². The van der Waals surface area contributed by atoms with Gasteiger partial charge in [0, 0.05) is 0 Å². The Bertz CT molecular complexity index is 208. The maximum absolute atomic E-state index is 7.56. The molecule has 0 aromatic heterocycles. The Kier molecular flexibility index (Phi) is 29.2. The second-order valence-corrected chi connectivity index (χ2v) is 8.73. The van der Waals surface area contributed by atoms with Crippen molar-refractivity contribution in [1.82, 2.24) is 0 Å². The maximum Gasteiger partial charge on any atom is 0.319 e. The van der Waals surface area contributed by atoms with Gasteiger partial charge < -0.3 is 29.4 Å². The maximum atomic E-state index is 7.56. The van der Waals surface area contributed by atoms with E-state index < -0.39 is 13.4 Å². The molecule has 0 fully saturated rings. The Morgan fingerprint density at radius 3 is 0.650 bits per heavy atom. The fourth-order valence-electron chi connectivity index (χ4n) is 0.707. The van der Waals surface area contributed by atoms with Crippen molar-refractivity contribution in [2.45, 2.75) is 66.2 Å². The summed E-state index contributed by atoms with van der Waals surface area (Å²) in [5.41, 5.74) is 0. The van der Waals surface area contributed by atoms with Crippen LogP contribution >= 0.6 is 13.4 Å². The minimum absolute atomic E-state index is 1.34. The van der Waals surface area contributed by atoms with E-state index in [1.165, 1.54) is 38.5 Å². The van der Waals surface area contributed by atoms with E-state index in [1.54, 1.807) is 0 Å². The third kappa shape index (κ3) is 243. The van der Waals surface area contributed by atoms with Crippen LogP contribution in [-0.4, -0.2) is 29.4 Å². The van der Waals surface area contributed by atoms with Crippen molar-refractivity contribution >= 4 is 37.1 Å². The molecule has 0 aliphatic heterocycles. The molecule has 0 saturated carbocycles. The van der Waals surface area contributed by atoms with Crippen LogP contribution in [-0.2, 0) is 23.6 Å². The van der Waals surface area contributed by atoms with Crippen molar-refractivity contribution in [3.8, 4) is 0 Å². The number of rotatable bonds is 4. The zero-order chi connectivity index (χ0) is 17.2. The van der Waals surface area contributed by atoms with Gasteiger partial charge in [0.1, 0.15) is 0 Å². The van der Waals surface area contributed by atoms with Crippen LogP contribution in [0.1, 0.15) is 66.2 Å². The summed E-state index contributed by atoms with van der Waals surface area (Å²) >= 11 is 7.21. The van der Waals surface area contributed by atoms with E-state index in [4.69, 9.17) is 29.4 Å². The highest BCUT2D eigenvalue weighted by Gasteiger charge is 1.92. The van der Waals surface area contributed by atoms with Gasteiger partial charge >= 0.3 is 13.4 Å². The summed E-state index contributed by atoms with van der Waals surface area (Å²) in [6.45, 7) is 1.24. The highest BCUT2D eigenvalue weighted by molar-refractivity contribution is 8.06. The quantitative estimate of drug-likeness (QED) is 0.417. The van der Waals surface area contributed by atoms with Crippen molar-refractivity contribution in [1.29, 1.82) is 0 Å². The molecule has 6 N–H and O–H groups in total. The molecule has 20 heavy (non-hydrogen) atoms. The largest absolute Gasteiger partial charge is 0.325 e. The van der Waals surface area contributed by atoms with Gasteiger partial charge in [0.05, 0.1) is 0 Å². The summed E-state index contributed by atoms with van der Waals surface area (Å²) in [5, 5.41) is 0. The molecular formula is C10H30O6P2S2. The molecule has 0 heterocycles. The van der Waals surface area contributed by atoms with Crippen LogP contribution in [0.5, 0.6) is 0 Å². The topological polar surface area (TPSA) is 121 Å². The molecule has 0 aromatic carbocycles. The van der Waals surface area contributed by atoms with E-state index in [0.29, 0.717) is 0 Å². The minimum atomic E-state index is -3.81. The molecule has 0 aromatic rings. The standard InChI is InChI=1S/2C5H12.2H3O3PS/c2*1-3-5-4-2;2*1-4(2,3)5/h2*3-5H2,1-2H3;2*(H3,1,2,3,5). The van der Waals surface area contributed by atoms with Gasteiger partial charge in [-0.2, -0.15) is 0 Å². The van der Waals surface area contributed by atoms with Crippen LogP contribution in [0.4, 0.5) is 0 Å². The van der Waals surface area contributed by atoms with Gasteiger partial charge in [0.2, 0.25) is 0 Å². The van der Waals surface area contributed by atoms with Crippen LogP contribution in [0.25, 0.3) is 0 Å². The number of hydrogen-bond donors (Lipinski definition) is 6. The monoisotopic (exact) mass is 372 g/mol. The van der Waals surface area contributed by atoms with Crippen molar-refractivity contribution in [3.63, 3.8) is 0 Å². The fourth-order valence-corrected chi connectivity index (χ4v) is 0.707. The number of unbranched alkanes of at least 4 members (excludes halogenated alkanes) is 4. The first-order chi connectivity index (χ1) is 8.83. The van der Waals surface area contributed by atoms with Crippen LogP contribution in [0.3, 0.4) is 0 Å². The van der Waals surface area contributed by atoms with Gasteiger partial charge in [0.15, 0.2) is 0 Å². The summed E-state index contributed by atoms with van der Waals surface area (Å²) in [6, 6.07) is 0. The molecular weight excluding hydrogens is 342 g/mol. The molecule has 0 atom stereocenters. The predicted molar refractivity (Wildman–Crippen MR) is 92.3 cm³/mol. The molecule has 0 saturated heterocycles.